The summed E-state index contributed by atoms with van der Waals surface area (Å²) in [5.41, 5.74) is 4.84. The largest absolute Gasteiger partial charge is 0.332 e. The Labute approximate surface area is 125 Å². The summed E-state index contributed by atoms with van der Waals surface area (Å²) in [7, 11) is 0. The minimum absolute atomic E-state index is 0.0950. The second-order valence-electron chi connectivity index (χ2n) is 5.49. The van der Waals surface area contributed by atoms with Crippen molar-refractivity contribution < 1.29 is 4.79 Å². The van der Waals surface area contributed by atoms with Crippen LogP contribution in [0.15, 0.2) is 54.6 Å². The summed E-state index contributed by atoms with van der Waals surface area (Å²) >= 11 is 0. The Morgan fingerprint density at radius 2 is 1.76 bits per heavy atom. The molecule has 0 bridgehead atoms. The maximum atomic E-state index is 11.9. The van der Waals surface area contributed by atoms with Crippen LogP contribution in [0, 0.1) is 0 Å². The van der Waals surface area contributed by atoms with Crippen molar-refractivity contribution in [3.8, 4) is 0 Å². The SMILES string of the molecule is CC(=O)N1Cc2ccccc2/C(=C/c2ccccc2)C1C. The van der Waals surface area contributed by atoms with Crippen LogP contribution in [-0.2, 0) is 11.3 Å². The zero-order chi connectivity index (χ0) is 14.8. The Morgan fingerprint density at radius 1 is 1.10 bits per heavy atom. The molecule has 0 saturated heterocycles. The predicted octanol–water partition coefficient (Wildman–Crippen LogP) is 3.98. The molecule has 2 nitrogen and oxygen atoms in total. The molecular formula is C19H19NO. The van der Waals surface area contributed by atoms with E-state index in [4.69, 9.17) is 0 Å². The molecule has 2 heteroatoms. The van der Waals surface area contributed by atoms with Crippen molar-refractivity contribution in [3.63, 3.8) is 0 Å². The Balaban J connectivity index is 2.12. The quantitative estimate of drug-likeness (QED) is 0.772. The van der Waals surface area contributed by atoms with Gasteiger partial charge in [0.2, 0.25) is 5.91 Å². The van der Waals surface area contributed by atoms with E-state index in [9.17, 15) is 4.79 Å². The normalized spacial score (nSPS) is 19.4. The van der Waals surface area contributed by atoms with E-state index in [0.29, 0.717) is 6.54 Å². The van der Waals surface area contributed by atoms with Gasteiger partial charge in [0.05, 0.1) is 6.04 Å². The van der Waals surface area contributed by atoms with Gasteiger partial charge in [0.25, 0.3) is 0 Å². The van der Waals surface area contributed by atoms with Crippen molar-refractivity contribution in [1.82, 2.24) is 4.90 Å². The van der Waals surface area contributed by atoms with Crippen LogP contribution in [0.1, 0.15) is 30.5 Å². The summed E-state index contributed by atoms with van der Waals surface area (Å²) < 4.78 is 0. The fourth-order valence-corrected chi connectivity index (χ4v) is 2.96. The monoisotopic (exact) mass is 277 g/mol. The Morgan fingerprint density at radius 3 is 2.48 bits per heavy atom. The average Bonchev–Trinajstić information content (AvgIpc) is 2.50. The van der Waals surface area contributed by atoms with E-state index in [1.165, 1.54) is 22.3 Å². The molecule has 1 heterocycles. The highest BCUT2D eigenvalue weighted by molar-refractivity contribution is 5.89. The lowest BCUT2D eigenvalue weighted by atomic mass is 9.88. The van der Waals surface area contributed by atoms with Gasteiger partial charge in [0.1, 0.15) is 0 Å². The van der Waals surface area contributed by atoms with Gasteiger partial charge in [-0.25, -0.2) is 0 Å². The first-order valence-corrected chi connectivity index (χ1v) is 7.29. The maximum Gasteiger partial charge on any atom is 0.220 e. The van der Waals surface area contributed by atoms with Gasteiger partial charge >= 0.3 is 0 Å². The van der Waals surface area contributed by atoms with Gasteiger partial charge in [-0.1, -0.05) is 54.6 Å². The van der Waals surface area contributed by atoms with Crippen molar-refractivity contribution in [1.29, 1.82) is 0 Å². The lowest BCUT2D eigenvalue weighted by molar-refractivity contribution is -0.130. The molecule has 0 aromatic heterocycles. The van der Waals surface area contributed by atoms with E-state index < -0.39 is 0 Å². The van der Waals surface area contributed by atoms with Crippen LogP contribution in [0.25, 0.3) is 11.6 Å². The second kappa shape index (κ2) is 5.57. The molecule has 0 aliphatic carbocycles. The summed E-state index contributed by atoms with van der Waals surface area (Å²) in [6, 6.07) is 18.7. The highest BCUT2D eigenvalue weighted by atomic mass is 16.2. The first-order valence-electron chi connectivity index (χ1n) is 7.29. The van der Waals surface area contributed by atoms with E-state index >= 15 is 0 Å². The van der Waals surface area contributed by atoms with E-state index in [1.807, 2.05) is 29.2 Å². The van der Waals surface area contributed by atoms with Crippen molar-refractivity contribution in [2.45, 2.75) is 26.4 Å². The summed E-state index contributed by atoms with van der Waals surface area (Å²) in [5.74, 6) is 0.121. The zero-order valence-corrected chi connectivity index (χ0v) is 12.4. The lowest BCUT2D eigenvalue weighted by Crippen LogP contribution is -2.40. The van der Waals surface area contributed by atoms with Gasteiger partial charge < -0.3 is 4.90 Å². The molecule has 1 aliphatic heterocycles. The number of carbonyl (C=O) groups is 1. The van der Waals surface area contributed by atoms with Crippen molar-refractivity contribution in [2.24, 2.45) is 0 Å². The molecule has 0 radical (unpaired) electrons. The topological polar surface area (TPSA) is 20.3 Å². The molecule has 1 aliphatic rings. The summed E-state index contributed by atoms with van der Waals surface area (Å²) in [5, 5.41) is 0. The van der Waals surface area contributed by atoms with Gasteiger partial charge in [-0.05, 0) is 35.3 Å². The second-order valence-corrected chi connectivity index (χ2v) is 5.49. The van der Waals surface area contributed by atoms with Gasteiger partial charge in [0, 0.05) is 13.5 Å². The minimum Gasteiger partial charge on any atom is -0.332 e. The van der Waals surface area contributed by atoms with E-state index in [1.54, 1.807) is 6.92 Å². The number of carbonyl (C=O) groups excluding carboxylic acids is 1. The van der Waals surface area contributed by atoms with Crippen molar-refractivity contribution in [2.75, 3.05) is 0 Å². The molecule has 106 valence electrons. The maximum absolute atomic E-state index is 11.9. The Bertz CT molecular complexity index is 688. The number of benzene rings is 2. The Kier molecular flexibility index (Phi) is 3.61. The average molecular weight is 277 g/mol. The lowest BCUT2D eigenvalue weighted by Gasteiger charge is -2.36. The number of amides is 1. The number of rotatable bonds is 1. The third-order valence-electron chi connectivity index (χ3n) is 4.11. The highest BCUT2D eigenvalue weighted by Crippen LogP contribution is 2.33. The summed E-state index contributed by atoms with van der Waals surface area (Å²) in [6.07, 6.45) is 2.19. The van der Waals surface area contributed by atoms with Crippen molar-refractivity contribution in [3.05, 3.63) is 71.3 Å². The molecule has 21 heavy (non-hydrogen) atoms. The molecular weight excluding hydrogens is 258 g/mol. The van der Waals surface area contributed by atoms with E-state index in [-0.39, 0.29) is 11.9 Å². The Hall–Kier alpha value is -2.35. The van der Waals surface area contributed by atoms with Crippen LogP contribution in [0.3, 0.4) is 0 Å². The first kappa shape index (κ1) is 13.6. The number of nitrogens with zero attached hydrogens (tertiary/aromatic N) is 1. The van der Waals surface area contributed by atoms with Gasteiger partial charge in [-0.3, -0.25) is 4.79 Å². The third kappa shape index (κ3) is 2.62. The smallest absolute Gasteiger partial charge is 0.220 e. The molecule has 1 atom stereocenters. The number of hydrogen-bond donors (Lipinski definition) is 0. The molecule has 0 saturated carbocycles. The molecule has 0 spiro atoms. The summed E-state index contributed by atoms with van der Waals surface area (Å²) in [6.45, 7) is 4.44. The minimum atomic E-state index is 0.0950. The number of hydrogen-bond acceptors (Lipinski definition) is 1. The first-order chi connectivity index (χ1) is 10.2. The van der Waals surface area contributed by atoms with Crippen molar-refractivity contribution >= 4 is 17.6 Å². The molecule has 0 N–H and O–H groups in total. The van der Waals surface area contributed by atoms with Crippen LogP contribution in [0.2, 0.25) is 0 Å². The van der Waals surface area contributed by atoms with E-state index in [0.717, 1.165) is 0 Å². The molecule has 2 aromatic rings. The molecule has 3 rings (SSSR count). The van der Waals surface area contributed by atoms with Gasteiger partial charge in [-0.15, -0.1) is 0 Å². The number of fused-ring (bicyclic) bond motifs is 1. The zero-order valence-electron chi connectivity index (χ0n) is 12.4. The molecule has 0 fully saturated rings. The standard InChI is InChI=1S/C19H19NO/c1-14-19(12-16-8-4-3-5-9-16)18-11-7-6-10-17(18)13-20(14)15(2)21/h3-12,14H,13H2,1-2H3/b19-12+. The van der Waals surface area contributed by atoms with Gasteiger partial charge in [-0.2, -0.15) is 0 Å². The molecule has 1 unspecified atom stereocenters. The van der Waals surface area contributed by atoms with Crippen LogP contribution in [-0.4, -0.2) is 16.8 Å². The van der Waals surface area contributed by atoms with Gasteiger partial charge in [0.15, 0.2) is 0 Å². The van der Waals surface area contributed by atoms with Crippen LogP contribution < -0.4 is 0 Å². The fourth-order valence-electron chi connectivity index (χ4n) is 2.96. The van der Waals surface area contributed by atoms with E-state index in [2.05, 4.69) is 43.3 Å². The predicted molar refractivity (Wildman–Crippen MR) is 86.4 cm³/mol. The summed E-state index contributed by atoms with van der Waals surface area (Å²) in [4.78, 5) is 13.8. The fraction of sp³-hybridized carbons (Fsp3) is 0.211. The van der Waals surface area contributed by atoms with Crippen LogP contribution >= 0.6 is 0 Å². The third-order valence-corrected chi connectivity index (χ3v) is 4.11. The molecule has 2 aromatic carbocycles. The molecule has 1 amide bonds. The van der Waals surface area contributed by atoms with Crippen LogP contribution in [0.4, 0.5) is 0 Å². The highest BCUT2D eigenvalue weighted by Gasteiger charge is 2.28. The van der Waals surface area contributed by atoms with Crippen LogP contribution in [0.5, 0.6) is 0 Å².